The topological polar surface area (TPSA) is 12.0 Å². The lowest BCUT2D eigenvalue weighted by atomic mass is 10.0. The molecule has 15 heavy (non-hydrogen) atoms. The Morgan fingerprint density at radius 2 is 2.07 bits per heavy atom. The molecule has 2 heteroatoms. The number of nitrogens with one attached hydrogen (secondary N) is 1. The summed E-state index contributed by atoms with van der Waals surface area (Å²) >= 11 is 0. The van der Waals surface area contributed by atoms with E-state index < -0.39 is 0 Å². The zero-order valence-corrected chi connectivity index (χ0v) is 9.17. The summed E-state index contributed by atoms with van der Waals surface area (Å²) in [5.41, 5.74) is 1.16. The van der Waals surface area contributed by atoms with E-state index in [1.54, 1.807) is 0 Å². The summed E-state index contributed by atoms with van der Waals surface area (Å²) in [4.78, 5) is 0. The van der Waals surface area contributed by atoms with E-state index in [1.807, 2.05) is 18.2 Å². The molecule has 82 valence electrons. The summed E-state index contributed by atoms with van der Waals surface area (Å²) in [6, 6.07) is 7.09. The third kappa shape index (κ3) is 4.26. The Balaban J connectivity index is 2.56. The van der Waals surface area contributed by atoms with E-state index in [4.69, 9.17) is 0 Å². The molecule has 0 aromatic heterocycles. The highest BCUT2D eigenvalue weighted by atomic mass is 19.1. The minimum atomic E-state index is -0.178. The largest absolute Gasteiger partial charge is 0.314 e. The van der Waals surface area contributed by atoms with Crippen molar-refractivity contribution in [2.24, 2.45) is 0 Å². The van der Waals surface area contributed by atoms with Crippen LogP contribution in [-0.2, 0) is 6.42 Å². The summed E-state index contributed by atoms with van der Waals surface area (Å²) < 4.78 is 12.7. The van der Waals surface area contributed by atoms with Crippen LogP contribution >= 0.6 is 0 Å². The second kappa shape index (κ2) is 6.36. The molecule has 0 bridgehead atoms. The van der Waals surface area contributed by atoms with Crippen molar-refractivity contribution in [3.05, 3.63) is 48.3 Å². The van der Waals surface area contributed by atoms with Gasteiger partial charge in [-0.3, -0.25) is 0 Å². The Bertz CT molecular complexity index is 292. The van der Waals surface area contributed by atoms with Crippen LogP contribution in [0.25, 0.3) is 0 Å². The van der Waals surface area contributed by atoms with Crippen LogP contribution < -0.4 is 5.32 Å². The van der Waals surface area contributed by atoms with Gasteiger partial charge in [-0.2, -0.15) is 0 Å². The predicted octanol–water partition coefficient (Wildman–Crippen LogP) is 2.92. The van der Waals surface area contributed by atoms with Gasteiger partial charge in [0.25, 0.3) is 0 Å². The first-order chi connectivity index (χ1) is 7.26. The molecule has 0 heterocycles. The van der Waals surface area contributed by atoms with Crippen molar-refractivity contribution < 1.29 is 4.39 Å². The molecule has 0 amide bonds. The summed E-state index contributed by atoms with van der Waals surface area (Å²) in [6.07, 6.45) is 3.77. The zero-order valence-electron chi connectivity index (χ0n) is 9.17. The molecule has 0 saturated heterocycles. The van der Waals surface area contributed by atoms with Crippen LogP contribution in [0.3, 0.4) is 0 Å². The van der Waals surface area contributed by atoms with Crippen molar-refractivity contribution in [2.75, 3.05) is 6.54 Å². The smallest absolute Gasteiger partial charge is 0.123 e. The SMILES string of the molecule is C=CCC(Cc1ccc(F)cc1)NCC. The normalized spacial score (nSPS) is 12.4. The van der Waals surface area contributed by atoms with Gasteiger partial charge in [0.2, 0.25) is 0 Å². The van der Waals surface area contributed by atoms with Crippen LogP contribution in [0.2, 0.25) is 0 Å². The van der Waals surface area contributed by atoms with E-state index in [2.05, 4.69) is 18.8 Å². The highest BCUT2D eigenvalue weighted by Crippen LogP contribution is 2.08. The molecule has 0 aliphatic rings. The van der Waals surface area contributed by atoms with Crippen LogP contribution in [0.4, 0.5) is 4.39 Å². The highest BCUT2D eigenvalue weighted by molar-refractivity contribution is 5.17. The Morgan fingerprint density at radius 1 is 1.40 bits per heavy atom. The Morgan fingerprint density at radius 3 is 2.60 bits per heavy atom. The molecular weight excluding hydrogens is 189 g/mol. The van der Waals surface area contributed by atoms with E-state index in [0.717, 1.165) is 24.9 Å². The number of rotatable bonds is 6. The van der Waals surface area contributed by atoms with Gasteiger partial charge in [-0.1, -0.05) is 25.1 Å². The van der Waals surface area contributed by atoms with Crippen molar-refractivity contribution in [1.82, 2.24) is 5.32 Å². The van der Waals surface area contributed by atoms with Gasteiger partial charge < -0.3 is 5.32 Å². The fraction of sp³-hybridized carbons (Fsp3) is 0.385. The number of hydrogen-bond donors (Lipinski definition) is 1. The molecule has 1 nitrogen and oxygen atoms in total. The molecule has 0 fully saturated rings. The van der Waals surface area contributed by atoms with Gasteiger partial charge in [-0.25, -0.2) is 4.39 Å². The second-order valence-electron chi connectivity index (χ2n) is 3.61. The molecule has 0 radical (unpaired) electrons. The lowest BCUT2D eigenvalue weighted by Gasteiger charge is -2.15. The monoisotopic (exact) mass is 207 g/mol. The molecule has 1 aromatic rings. The molecule has 1 unspecified atom stereocenters. The van der Waals surface area contributed by atoms with Gasteiger partial charge in [-0.05, 0) is 37.1 Å². The Kier molecular flexibility index (Phi) is 5.05. The van der Waals surface area contributed by atoms with Crippen LogP contribution in [0.1, 0.15) is 18.9 Å². The van der Waals surface area contributed by atoms with Crippen LogP contribution in [0.5, 0.6) is 0 Å². The number of hydrogen-bond acceptors (Lipinski definition) is 1. The fourth-order valence-corrected chi connectivity index (χ4v) is 1.63. The molecular formula is C13H18FN. The Hall–Kier alpha value is -1.15. The average molecular weight is 207 g/mol. The van der Waals surface area contributed by atoms with Crippen LogP contribution in [0, 0.1) is 5.82 Å². The maximum Gasteiger partial charge on any atom is 0.123 e. The summed E-state index contributed by atoms with van der Waals surface area (Å²) in [7, 11) is 0. The van der Waals surface area contributed by atoms with Crippen molar-refractivity contribution in [3.63, 3.8) is 0 Å². The van der Waals surface area contributed by atoms with Crippen LogP contribution in [-0.4, -0.2) is 12.6 Å². The molecule has 0 aliphatic heterocycles. The first kappa shape index (κ1) is 11.9. The second-order valence-corrected chi connectivity index (χ2v) is 3.61. The van der Waals surface area contributed by atoms with Crippen molar-refractivity contribution in [2.45, 2.75) is 25.8 Å². The third-order valence-corrected chi connectivity index (χ3v) is 2.34. The first-order valence-electron chi connectivity index (χ1n) is 5.35. The minimum absolute atomic E-state index is 0.178. The van der Waals surface area contributed by atoms with Gasteiger partial charge >= 0.3 is 0 Å². The molecule has 0 saturated carbocycles. The van der Waals surface area contributed by atoms with Gasteiger partial charge in [0, 0.05) is 6.04 Å². The summed E-state index contributed by atoms with van der Waals surface area (Å²) in [6.45, 7) is 6.77. The molecule has 1 N–H and O–H groups in total. The first-order valence-corrected chi connectivity index (χ1v) is 5.35. The van der Waals surface area contributed by atoms with Gasteiger partial charge in [0.1, 0.15) is 5.82 Å². The van der Waals surface area contributed by atoms with Crippen LogP contribution in [0.15, 0.2) is 36.9 Å². The minimum Gasteiger partial charge on any atom is -0.314 e. The van der Waals surface area contributed by atoms with E-state index in [1.165, 1.54) is 12.1 Å². The zero-order chi connectivity index (χ0) is 11.1. The summed E-state index contributed by atoms with van der Waals surface area (Å²) in [5, 5.41) is 3.38. The lowest BCUT2D eigenvalue weighted by molar-refractivity contribution is 0.529. The number of halogens is 1. The van der Waals surface area contributed by atoms with Gasteiger partial charge in [0.15, 0.2) is 0 Å². The van der Waals surface area contributed by atoms with E-state index in [-0.39, 0.29) is 5.82 Å². The van der Waals surface area contributed by atoms with E-state index in [0.29, 0.717) is 6.04 Å². The maximum atomic E-state index is 12.7. The van der Waals surface area contributed by atoms with Gasteiger partial charge in [-0.15, -0.1) is 6.58 Å². The van der Waals surface area contributed by atoms with E-state index >= 15 is 0 Å². The average Bonchev–Trinajstić information content (AvgIpc) is 2.22. The molecule has 1 rings (SSSR count). The molecule has 1 aromatic carbocycles. The van der Waals surface area contributed by atoms with Crippen molar-refractivity contribution in [1.29, 1.82) is 0 Å². The van der Waals surface area contributed by atoms with E-state index in [9.17, 15) is 4.39 Å². The summed E-state index contributed by atoms with van der Waals surface area (Å²) in [5.74, 6) is -0.178. The molecule has 0 spiro atoms. The highest BCUT2D eigenvalue weighted by Gasteiger charge is 2.05. The Labute approximate surface area is 91.0 Å². The standard InChI is InChI=1S/C13H18FN/c1-3-5-13(15-4-2)10-11-6-8-12(14)9-7-11/h3,6-9,13,15H,1,4-5,10H2,2H3. The maximum absolute atomic E-state index is 12.7. The predicted molar refractivity (Wildman–Crippen MR) is 62.4 cm³/mol. The molecule has 1 atom stereocenters. The lowest BCUT2D eigenvalue weighted by Crippen LogP contribution is -2.30. The third-order valence-electron chi connectivity index (χ3n) is 2.34. The van der Waals surface area contributed by atoms with Gasteiger partial charge in [0.05, 0.1) is 0 Å². The van der Waals surface area contributed by atoms with Crippen molar-refractivity contribution in [3.8, 4) is 0 Å². The quantitative estimate of drug-likeness (QED) is 0.707. The number of benzene rings is 1. The fourth-order valence-electron chi connectivity index (χ4n) is 1.63. The molecule has 0 aliphatic carbocycles. The van der Waals surface area contributed by atoms with Crippen molar-refractivity contribution >= 4 is 0 Å². The number of likely N-dealkylation sites (N-methyl/N-ethyl adjacent to an activating group) is 1.